The lowest BCUT2D eigenvalue weighted by atomic mass is 10.1. The van der Waals surface area contributed by atoms with E-state index in [2.05, 4.69) is 5.32 Å². The summed E-state index contributed by atoms with van der Waals surface area (Å²) in [4.78, 5) is 0. The van der Waals surface area contributed by atoms with Crippen molar-refractivity contribution in [3.8, 4) is 0 Å². The Morgan fingerprint density at radius 1 is 1.50 bits per heavy atom. The quantitative estimate of drug-likeness (QED) is 0.563. The lowest BCUT2D eigenvalue weighted by Gasteiger charge is -2.23. The highest BCUT2D eigenvalue weighted by molar-refractivity contribution is 4.85. The Hall–Kier alpha value is -0.160. The van der Waals surface area contributed by atoms with E-state index in [0.717, 1.165) is 19.3 Å². The summed E-state index contributed by atoms with van der Waals surface area (Å²) in [5, 5.41) is 21.8. The van der Waals surface area contributed by atoms with E-state index in [1.54, 1.807) is 7.11 Å². The molecule has 1 aliphatic rings. The zero-order valence-electron chi connectivity index (χ0n) is 8.78. The second kappa shape index (κ2) is 6.35. The number of rotatable bonds is 6. The molecule has 0 amide bonds. The van der Waals surface area contributed by atoms with Gasteiger partial charge in [0.15, 0.2) is 0 Å². The van der Waals surface area contributed by atoms with Gasteiger partial charge in [0, 0.05) is 25.8 Å². The first-order valence-electron chi connectivity index (χ1n) is 5.32. The average molecular weight is 203 g/mol. The van der Waals surface area contributed by atoms with E-state index in [1.807, 2.05) is 0 Å². The number of hydrogen-bond donors (Lipinski definition) is 3. The molecule has 0 aromatic heterocycles. The lowest BCUT2D eigenvalue weighted by Crippen LogP contribution is -2.45. The number of aliphatic hydroxyl groups excluding tert-OH is 2. The average Bonchev–Trinajstić information content (AvgIpc) is 2.53. The highest BCUT2D eigenvalue weighted by Gasteiger charge is 2.26. The van der Waals surface area contributed by atoms with Gasteiger partial charge in [-0.2, -0.15) is 0 Å². The smallest absolute Gasteiger partial charge is 0.0693 e. The first-order chi connectivity index (χ1) is 6.77. The largest absolute Gasteiger partial charge is 0.396 e. The van der Waals surface area contributed by atoms with Crippen molar-refractivity contribution < 1.29 is 14.9 Å². The van der Waals surface area contributed by atoms with Crippen LogP contribution >= 0.6 is 0 Å². The van der Waals surface area contributed by atoms with Gasteiger partial charge in [-0.05, 0) is 25.7 Å². The van der Waals surface area contributed by atoms with E-state index in [9.17, 15) is 5.11 Å². The van der Waals surface area contributed by atoms with Crippen LogP contribution in [-0.4, -0.2) is 48.7 Å². The summed E-state index contributed by atoms with van der Waals surface area (Å²) in [5.41, 5.74) is 0. The molecule has 1 fully saturated rings. The lowest BCUT2D eigenvalue weighted by molar-refractivity contribution is 0.108. The van der Waals surface area contributed by atoms with Crippen molar-refractivity contribution in [3.05, 3.63) is 0 Å². The molecule has 1 saturated carbocycles. The standard InChI is InChI=1S/C10H21NO3/c1-14-7-8(5-6-12)11-9-3-2-4-10(9)13/h8-13H,2-7H2,1H3. The van der Waals surface area contributed by atoms with Crippen LogP contribution in [0.4, 0.5) is 0 Å². The van der Waals surface area contributed by atoms with Crippen LogP contribution in [0.2, 0.25) is 0 Å². The third kappa shape index (κ3) is 3.53. The Morgan fingerprint density at radius 2 is 2.29 bits per heavy atom. The number of hydrogen-bond acceptors (Lipinski definition) is 4. The molecule has 3 N–H and O–H groups in total. The molecule has 0 spiro atoms. The molecule has 0 radical (unpaired) electrons. The molecular formula is C10H21NO3. The first-order valence-corrected chi connectivity index (χ1v) is 5.32. The van der Waals surface area contributed by atoms with Crippen LogP contribution < -0.4 is 5.32 Å². The summed E-state index contributed by atoms with van der Waals surface area (Å²) in [6, 6.07) is 0.337. The topological polar surface area (TPSA) is 61.7 Å². The second-order valence-electron chi connectivity index (χ2n) is 3.94. The van der Waals surface area contributed by atoms with Crippen LogP contribution in [-0.2, 0) is 4.74 Å². The minimum absolute atomic E-state index is 0.155. The van der Waals surface area contributed by atoms with Crippen molar-refractivity contribution in [3.63, 3.8) is 0 Å². The molecule has 0 aromatic rings. The zero-order valence-corrected chi connectivity index (χ0v) is 8.78. The number of methoxy groups -OCH3 is 1. The van der Waals surface area contributed by atoms with E-state index in [-0.39, 0.29) is 24.8 Å². The maximum atomic E-state index is 9.61. The predicted molar refractivity (Wildman–Crippen MR) is 54.1 cm³/mol. The van der Waals surface area contributed by atoms with Crippen LogP contribution in [0.5, 0.6) is 0 Å². The van der Waals surface area contributed by atoms with Crippen molar-refractivity contribution in [2.75, 3.05) is 20.3 Å². The van der Waals surface area contributed by atoms with E-state index in [4.69, 9.17) is 9.84 Å². The molecule has 1 rings (SSSR count). The summed E-state index contributed by atoms with van der Waals surface area (Å²) >= 11 is 0. The SMILES string of the molecule is COCC(CCO)NC1CCCC1O. The molecule has 0 bridgehead atoms. The third-order valence-corrected chi connectivity index (χ3v) is 2.77. The molecule has 1 aliphatic carbocycles. The molecular weight excluding hydrogens is 182 g/mol. The Balaban J connectivity index is 2.29. The van der Waals surface area contributed by atoms with Gasteiger partial charge in [0.2, 0.25) is 0 Å². The maximum absolute atomic E-state index is 9.61. The molecule has 0 heterocycles. The van der Waals surface area contributed by atoms with Crippen molar-refractivity contribution in [1.29, 1.82) is 0 Å². The highest BCUT2D eigenvalue weighted by Crippen LogP contribution is 2.19. The van der Waals surface area contributed by atoms with Crippen LogP contribution in [0.25, 0.3) is 0 Å². The van der Waals surface area contributed by atoms with Crippen LogP contribution in [0, 0.1) is 0 Å². The van der Waals surface area contributed by atoms with E-state index >= 15 is 0 Å². The number of aliphatic hydroxyl groups is 2. The fourth-order valence-electron chi connectivity index (χ4n) is 2.01. The van der Waals surface area contributed by atoms with Gasteiger partial charge < -0.3 is 20.3 Å². The Kier molecular flexibility index (Phi) is 5.40. The van der Waals surface area contributed by atoms with Crippen molar-refractivity contribution >= 4 is 0 Å². The molecule has 84 valence electrons. The first kappa shape index (κ1) is 11.9. The minimum Gasteiger partial charge on any atom is -0.396 e. The van der Waals surface area contributed by atoms with E-state index in [1.165, 1.54) is 0 Å². The minimum atomic E-state index is -0.229. The van der Waals surface area contributed by atoms with Gasteiger partial charge >= 0.3 is 0 Å². The summed E-state index contributed by atoms with van der Waals surface area (Å²) in [5.74, 6) is 0. The molecule has 3 atom stereocenters. The van der Waals surface area contributed by atoms with E-state index in [0.29, 0.717) is 13.0 Å². The van der Waals surface area contributed by atoms with Crippen molar-refractivity contribution in [1.82, 2.24) is 5.32 Å². The molecule has 0 aromatic carbocycles. The van der Waals surface area contributed by atoms with Gasteiger partial charge in [-0.1, -0.05) is 0 Å². The van der Waals surface area contributed by atoms with Crippen molar-refractivity contribution in [2.24, 2.45) is 0 Å². The van der Waals surface area contributed by atoms with E-state index < -0.39 is 0 Å². The molecule has 3 unspecified atom stereocenters. The molecule has 4 nitrogen and oxygen atoms in total. The maximum Gasteiger partial charge on any atom is 0.0693 e. The van der Waals surface area contributed by atoms with Crippen LogP contribution in [0.15, 0.2) is 0 Å². The molecule has 0 aliphatic heterocycles. The van der Waals surface area contributed by atoms with Gasteiger partial charge in [0.05, 0.1) is 12.7 Å². The summed E-state index contributed by atoms with van der Waals surface area (Å²) in [6.07, 6.45) is 3.44. The zero-order chi connectivity index (χ0) is 10.4. The summed E-state index contributed by atoms with van der Waals surface area (Å²) in [7, 11) is 1.65. The van der Waals surface area contributed by atoms with Crippen molar-refractivity contribution in [2.45, 2.75) is 43.9 Å². The monoisotopic (exact) mass is 203 g/mol. The highest BCUT2D eigenvalue weighted by atomic mass is 16.5. The van der Waals surface area contributed by atoms with Crippen LogP contribution in [0.1, 0.15) is 25.7 Å². The third-order valence-electron chi connectivity index (χ3n) is 2.77. The van der Waals surface area contributed by atoms with Gasteiger partial charge in [-0.25, -0.2) is 0 Å². The normalized spacial score (nSPS) is 29.4. The van der Waals surface area contributed by atoms with Gasteiger partial charge in [-0.3, -0.25) is 0 Å². The van der Waals surface area contributed by atoms with Crippen LogP contribution in [0.3, 0.4) is 0 Å². The fourth-order valence-corrected chi connectivity index (χ4v) is 2.01. The number of nitrogens with one attached hydrogen (secondary N) is 1. The Morgan fingerprint density at radius 3 is 2.79 bits per heavy atom. The van der Waals surface area contributed by atoms with Gasteiger partial charge in [0.25, 0.3) is 0 Å². The second-order valence-corrected chi connectivity index (χ2v) is 3.94. The summed E-state index contributed by atoms with van der Waals surface area (Å²) < 4.78 is 5.05. The summed E-state index contributed by atoms with van der Waals surface area (Å²) in [6.45, 7) is 0.744. The molecule has 0 saturated heterocycles. The van der Waals surface area contributed by atoms with Gasteiger partial charge in [-0.15, -0.1) is 0 Å². The molecule has 4 heteroatoms. The van der Waals surface area contributed by atoms with Gasteiger partial charge in [0.1, 0.15) is 0 Å². The Labute approximate surface area is 85.3 Å². The molecule has 14 heavy (non-hydrogen) atoms. The fraction of sp³-hybridized carbons (Fsp3) is 1.00. The predicted octanol–water partition coefficient (Wildman–Crippen LogP) is -0.113. The number of ether oxygens (including phenoxy) is 1. The Bertz CT molecular complexity index is 148.